The Morgan fingerprint density at radius 3 is 2.62 bits per heavy atom. The number of rotatable bonds is 2. The molecule has 0 spiro atoms. The van der Waals surface area contributed by atoms with Gasteiger partial charge in [0.15, 0.2) is 11.6 Å². The second-order valence-electron chi connectivity index (χ2n) is 5.15. The molecule has 2 rings (SSSR count). The summed E-state index contributed by atoms with van der Waals surface area (Å²) in [5.41, 5.74) is 1.73. The predicted molar refractivity (Wildman–Crippen MR) is 78.2 cm³/mol. The highest BCUT2D eigenvalue weighted by atomic mass is 19.2. The van der Waals surface area contributed by atoms with E-state index in [9.17, 15) is 13.6 Å². The number of benzene rings is 1. The van der Waals surface area contributed by atoms with Crippen LogP contribution >= 0.6 is 0 Å². The van der Waals surface area contributed by atoms with Crippen molar-refractivity contribution < 1.29 is 18.3 Å². The molecule has 1 aliphatic heterocycles. The van der Waals surface area contributed by atoms with Crippen LogP contribution in [-0.4, -0.2) is 25.7 Å². The third-order valence-electron chi connectivity index (χ3n) is 3.50. The number of hydrogen-bond donors (Lipinski definition) is 1. The zero-order valence-electron chi connectivity index (χ0n) is 12.8. The van der Waals surface area contributed by atoms with E-state index < -0.39 is 11.6 Å². The van der Waals surface area contributed by atoms with Gasteiger partial charge in [0.1, 0.15) is 6.61 Å². The lowest BCUT2D eigenvalue weighted by molar-refractivity contribution is -0.142. The molecule has 1 N–H and O–H groups in total. The first-order chi connectivity index (χ1) is 9.95. The van der Waals surface area contributed by atoms with Crippen molar-refractivity contribution in [2.75, 3.05) is 19.7 Å². The van der Waals surface area contributed by atoms with E-state index >= 15 is 0 Å². The molecular formula is C16H23F2NO2. The normalized spacial score (nSPS) is 16.3. The van der Waals surface area contributed by atoms with Crippen molar-refractivity contribution in [2.24, 2.45) is 0 Å². The number of carbonyl (C=O) groups is 1. The minimum Gasteiger partial charge on any atom is -0.464 e. The van der Waals surface area contributed by atoms with E-state index in [1.807, 2.05) is 20.8 Å². The van der Waals surface area contributed by atoms with Crippen LogP contribution in [0.25, 0.3) is 0 Å². The van der Waals surface area contributed by atoms with E-state index in [2.05, 4.69) is 5.32 Å². The number of esters is 1. The Balaban J connectivity index is 0.000000235. The van der Waals surface area contributed by atoms with E-state index in [1.54, 1.807) is 0 Å². The first kappa shape index (κ1) is 17.6. The van der Waals surface area contributed by atoms with Crippen LogP contribution in [0.4, 0.5) is 8.78 Å². The number of cyclic esters (lactones) is 1. The standard InChI is InChI=1S/C11H14F2.C5H9NO2/c1-4-7(2)9-6-11(13)10(12)5-8(9)3;7-5-1-2-6-3-4-8-5/h5-7H,4H2,1-3H3;6H,1-4H2. The second-order valence-corrected chi connectivity index (χ2v) is 5.15. The highest BCUT2D eigenvalue weighted by Crippen LogP contribution is 2.24. The minimum absolute atomic E-state index is 0.0880. The third-order valence-corrected chi connectivity index (χ3v) is 3.50. The maximum absolute atomic E-state index is 12.9. The van der Waals surface area contributed by atoms with Gasteiger partial charge in [0.25, 0.3) is 0 Å². The largest absolute Gasteiger partial charge is 0.464 e. The monoisotopic (exact) mass is 299 g/mol. The van der Waals surface area contributed by atoms with Gasteiger partial charge in [-0.15, -0.1) is 0 Å². The fourth-order valence-corrected chi connectivity index (χ4v) is 2.04. The first-order valence-corrected chi connectivity index (χ1v) is 7.27. The van der Waals surface area contributed by atoms with Gasteiger partial charge in [-0.25, -0.2) is 8.78 Å². The van der Waals surface area contributed by atoms with Crippen LogP contribution in [0.2, 0.25) is 0 Å². The number of halogens is 2. The zero-order valence-corrected chi connectivity index (χ0v) is 12.8. The average molecular weight is 299 g/mol. The molecule has 1 unspecified atom stereocenters. The van der Waals surface area contributed by atoms with Crippen molar-refractivity contribution >= 4 is 5.97 Å². The van der Waals surface area contributed by atoms with E-state index in [0.29, 0.717) is 13.0 Å². The summed E-state index contributed by atoms with van der Waals surface area (Å²) in [6, 6.07) is 2.57. The van der Waals surface area contributed by atoms with Gasteiger partial charge in [-0.3, -0.25) is 4.79 Å². The summed E-state index contributed by atoms with van der Waals surface area (Å²) < 4.78 is 30.3. The van der Waals surface area contributed by atoms with Gasteiger partial charge >= 0.3 is 5.97 Å². The molecule has 21 heavy (non-hydrogen) atoms. The van der Waals surface area contributed by atoms with E-state index in [1.165, 1.54) is 12.1 Å². The molecule has 0 bridgehead atoms. The molecule has 0 amide bonds. The Morgan fingerprint density at radius 2 is 1.95 bits per heavy atom. The van der Waals surface area contributed by atoms with Gasteiger partial charge in [-0.1, -0.05) is 13.8 Å². The Morgan fingerprint density at radius 1 is 1.29 bits per heavy atom. The van der Waals surface area contributed by atoms with Gasteiger partial charge in [0.2, 0.25) is 0 Å². The van der Waals surface area contributed by atoms with Crippen molar-refractivity contribution in [3.05, 3.63) is 34.9 Å². The molecule has 5 heteroatoms. The lowest BCUT2D eigenvalue weighted by Gasteiger charge is -2.12. The number of aryl methyl sites for hydroxylation is 1. The number of nitrogens with one attached hydrogen (secondary N) is 1. The molecule has 1 aromatic carbocycles. The van der Waals surface area contributed by atoms with Crippen LogP contribution in [0, 0.1) is 18.6 Å². The summed E-state index contributed by atoms with van der Waals surface area (Å²) >= 11 is 0. The smallest absolute Gasteiger partial charge is 0.307 e. The van der Waals surface area contributed by atoms with Crippen molar-refractivity contribution in [3.63, 3.8) is 0 Å². The number of carbonyl (C=O) groups excluding carboxylic acids is 1. The predicted octanol–water partition coefficient (Wildman–Crippen LogP) is 3.31. The Labute approximate surface area is 124 Å². The lowest BCUT2D eigenvalue weighted by atomic mass is 9.94. The molecule has 1 fully saturated rings. The highest BCUT2D eigenvalue weighted by molar-refractivity contribution is 5.69. The van der Waals surface area contributed by atoms with Crippen LogP contribution in [0.15, 0.2) is 12.1 Å². The molecule has 0 radical (unpaired) electrons. The molecule has 118 valence electrons. The minimum atomic E-state index is -0.760. The summed E-state index contributed by atoms with van der Waals surface area (Å²) in [6.07, 6.45) is 1.45. The summed E-state index contributed by atoms with van der Waals surface area (Å²) in [7, 11) is 0. The van der Waals surface area contributed by atoms with Gasteiger partial charge in [-0.2, -0.15) is 0 Å². The second kappa shape index (κ2) is 8.72. The molecule has 0 aromatic heterocycles. The van der Waals surface area contributed by atoms with Crippen LogP contribution in [-0.2, 0) is 9.53 Å². The molecule has 1 atom stereocenters. The maximum Gasteiger partial charge on any atom is 0.307 e. The summed E-state index contributed by atoms with van der Waals surface area (Å²) in [4.78, 5) is 10.4. The molecule has 0 saturated carbocycles. The van der Waals surface area contributed by atoms with Crippen molar-refractivity contribution in [3.8, 4) is 0 Å². The summed E-state index contributed by atoms with van der Waals surface area (Å²) in [6.45, 7) is 7.94. The highest BCUT2D eigenvalue weighted by Gasteiger charge is 2.11. The topological polar surface area (TPSA) is 38.3 Å². The SMILES string of the molecule is CCC(C)c1cc(F)c(F)cc1C.O=C1CCNCCO1. The lowest BCUT2D eigenvalue weighted by Crippen LogP contribution is -2.16. The molecule has 0 aliphatic carbocycles. The molecule has 1 aromatic rings. The molecular weight excluding hydrogens is 276 g/mol. The molecule has 1 heterocycles. The molecule has 1 aliphatic rings. The van der Waals surface area contributed by atoms with Gasteiger partial charge in [-0.05, 0) is 42.5 Å². The Hall–Kier alpha value is -1.49. The third kappa shape index (κ3) is 5.79. The van der Waals surface area contributed by atoms with Crippen molar-refractivity contribution in [1.82, 2.24) is 5.32 Å². The van der Waals surface area contributed by atoms with Crippen LogP contribution in [0.3, 0.4) is 0 Å². The first-order valence-electron chi connectivity index (χ1n) is 7.27. The Kier molecular flexibility index (Phi) is 7.29. The van der Waals surface area contributed by atoms with Crippen LogP contribution in [0.5, 0.6) is 0 Å². The number of ether oxygens (including phenoxy) is 1. The quantitative estimate of drug-likeness (QED) is 0.852. The van der Waals surface area contributed by atoms with E-state index in [0.717, 1.165) is 30.6 Å². The molecule has 1 saturated heterocycles. The molecule has 3 nitrogen and oxygen atoms in total. The van der Waals surface area contributed by atoms with Crippen molar-refractivity contribution in [1.29, 1.82) is 0 Å². The van der Waals surface area contributed by atoms with Crippen LogP contribution in [0.1, 0.15) is 43.7 Å². The fraction of sp³-hybridized carbons (Fsp3) is 0.562. The van der Waals surface area contributed by atoms with Crippen LogP contribution < -0.4 is 5.32 Å². The summed E-state index contributed by atoms with van der Waals surface area (Å²) in [5, 5.41) is 3.03. The zero-order chi connectivity index (χ0) is 15.8. The van der Waals surface area contributed by atoms with E-state index in [4.69, 9.17) is 4.74 Å². The number of hydrogen-bond acceptors (Lipinski definition) is 3. The maximum atomic E-state index is 12.9. The van der Waals surface area contributed by atoms with E-state index in [-0.39, 0.29) is 11.9 Å². The average Bonchev–Trinajstić information content (AvgIpc) is 2.70. The Bertz CT molecular complexity index is 468. The van der Waals surface area contributed by atoms with Gasteiger partial charge < -0.3 is 10.1 Å². The fourth-order valence-electron chi connectivity index (χ4n) is 2.04. The summed E-state index contributed by atoms with van der Waals surface area (Å²) in [5.74, 6) is -1.31. The van der Waals surface area contributed by atoms with Gasteiger partial charge in [0.05, 0.1) is 6.42 Å². The van der Waals surface area contributed by atoms with Gasteiger partial charge in [0, 0.05) is 13.1 Å². The van der Waals surface area contributed by atoms with Crippen molar-refractivity contribution in [2.45, 2.75) is 39.5 Å².